The van der Waals surface area contributed by atoms with Crippen molar-refractivity contribution >= 4 is 11.6 Å². The third-order valence-electron chi connectivity index (χ3n) is 4.55. The fourth-order valence-corrected chi connectivity index (χ4v) is 3.24. The van der Waals surface area contributed by atoms with Gasteiger partial charge in [-0.05, 0) is 48.9 Å². The molecule has 0 atom stereocenters. The van der Waals surface area contributed by atoms with Gasteiger partial charge in [0.2, 0.25) is 5.91 Å². The quantitative estimate of drug-likeness (QED) is 0.940. The zero-order valence-corrected chi connectivity index (χ0v) is 13.0. The van der Waals surface area contributed by atoms with Gasteiger partial charge in [0.25, 0.3) is 0 Å². The normalized spacial score (nSPS) is 15.6. The molecular formula is C19H21FN2O. The molecule has 4 heteroatoms. The number of piperidine rings is 1. The van der Waals surface area contributed by atoms with Gasteiger partial charge in [0.1, 0.15) is 5.82 Å². The Morgan fingerprint density at radius 1 is 1.13 bits per heavy atom. The lowest BCUT2D eigenvalue weighted by Gasteiger charge is -2.34. The molecule has 3 nitrogen and oxygen atoms in total. The number of benzene rings is 2. The van der Waals surface area contributed by atoms with Gasteiger partial charge < -0.3 is 10.6 Å². The highest BCUT2D eigenvalue weighted by atomic mass is 19.1. The Labute approximate surface area is 135 Å². The number of anilines is 1. The van der Waals surface area contributed by atoms with Crippen LogP contribution in [0.15, 0.2) is 48.5 Å². The first-order valence-corrected chi connectivity index (χ1v) is 8.01. The number of carbonyl (C=O) groups is 1. The average Bonchev–Trinajstić information content (AvgIpc) is 2.56. The molecule has 0 radical (unpaired) electrons. The SMILES string of the molecule is NC(=O)c1ccc(N2CCC(Cc3ccccc3)CC2)c(F)c1. The summed E-state index contributed by atoms with van der Waals surface area (Å²) in [4.78, 5) is 13.2. The van der Waals surface area contributed by atoms with Crippen molar-refractivity contribution in [2.24, 2.45) is 11.7 Å². The van der Waals surface area contributed by atoms with Crippen LogP contribution in [-0.2, 0) is 6.42 Å². The van der Waals surface area contributed by atoms with Gasteiger partial charge in [0.15, 0.2) is 0 Å². The lowest BCUT2D eigenvalue weighted by molar-refractivity contribution is 0.1000. The molecule has 1 saturated heterocycles. The van der Waals surface area contributed by atoms with Crippen molar-refractivity contribution in [1.29, 1.82) is 0 Å². The Hall–Kier alpha value is -2.36. The molecule has 120 valence electrons. The Kier molecular flexibility index (Phi) is 4.60. The Morgan fingerprint density at radius 2 is 1.83 bits per heavy atom. The van der Waals surface area contributed by atoms with Crippen molar-refractivity contribution < 1.29 is 9.18 Å². The van der Waals surface area contributed by atoms with E-state index in [9.17, 15) is 9.18 Å². The molecule has 2 aromatic carbocycles. The van der Waals surface area contributed by atoms with Gasteiger partial charge in [-0.3, -0.25) is 4.79 Å². The molecule has 1 heterocycles. The summed E-state index contributed by atoms with van der Waals surface area (Å²) < 4.78 is 14.2. The molecule has 3 rings (SSSR count). The summed E-state index contributed by atoms with van der Waals surface area (Å²) in [6.07, 6.45) is 3.18. The van der Waals surface area contributed by atoms with Gasteiger partial charge in [0.05, 0.1) is 5.69 Å². The first-order chi connectivity index (χ1) is 11.1. The van der Waals surface area contributed by atoms with E-state index < -0.39 is 5.91 Å². The lowest BCUT2D eigenvalue weighted by Crippen LogP contribution is -2.35. The second kappa shape index (κ2) is 6.82. The zero-order chi connectivity index (χ0) is 16.2. The van der Waals surface area contributed by atoms with Crippen molar-refractivity contribution in [3.8, 4) is 0 Å². The molecule has 2 aromatic rings. The second-order valence-electron chi connectivity index (χ2n) is 6.15. The van der Waals surface area contributed by atoms with Crippen LogP contribution in [0, 0.1) is 11.7 Å². The highest BCUT2D eigenvalue weighted by Crippen LogP contribution is 2.28. The predicted octanol–water partition coefficient (Wildman–Crippen LogP) is 3.38. The summed E-state index contributed by atoms with van der Waals surface area (Å²) in [5, 5.41) is 0. The van der Waals surface area contributed by atoms with Crippen LogP contribution in [0.4, 0.5) is 10.1 Å². The maximum atomic E-state index is 14.2. The van der Waals surface area contributed by atoms with Gasteiger partial charge in [-0.15, -0.1) is 0 Å². The van der Waals surface area contributed by atoms with E-state index >= 15 is 0 Å². The number of hydrogen-bond donors (Lipinski definition) is 1. The Balaban J connectivity index is 1.62. The van der Waals surface area contributed by atoms with Gasteiger partial charge >= 0.3 is 0 Å². The third kappa shape index (κ3) is 3.70. The average molecular weight is 312 g/mol. The zero-order valence-electron chi connectivity index (χ0n) is 13.0. The molecule has 0 spiro atoms. The van der Waals surface area contributed by atoms with Crippen LogP contribution >= 0.6 is 0 Å². The summed E-state index contributed by atoms with van der Waals surface area (Å²) in [5.41, 5.74) is 7.32. The maximum Gasteiger partial charge on any atom is 0.248 e. The van der Waals surface area contributed by atoms with Crippen molar-refractivity contribution in [3.05, 3.63) is 65.5 Å². The minimum absolute atomic E-state index is 0.213. The molecule has 23 heavy (non-hydrogen) atoms. The van der Waals surface area contributed by atoms with E-state index in [1.807, 2.05) is 6.07 Å². The summed E-state index contributed by atoms with van der Waals surface area (Å²) in [5.74, 6) is -0.332. The van der Waals surface area contributed by atoms with Crippen LogP contribution in [0.25, 0.3) is 0 Å². The Morgan fingerprint density at radius 3 is 2.43 bits per heavy atom. The van der Waals surface area contributed by atoms with E-state index in [1.54, 1.807) is 12.1 Å². The van der Waals surface area contributed by atoms with E-state index in [4.69, 9.17) is 5.73 Å². The molecule has 0 unspecified atom stereocenters. The molecule has 1 fully saturated rings. The highest BCUT2D eigenvalue weighted by molar-refractivity contribution is 5.93. The van der Waals surface area contributed by atoms with Gasteiger partial charge in [-0.25, -0.2) is 4.39 Å². The van der Waals surface area contributed by atoms with Gasteiger partial charge in [0, 0.05) is 18.7 Å². The number of halogens is 1. The summed E-state index contributed by atoms with van der Waals surface area (Å²) in [6, 6.07) is 15.0. The van der Waals surface area contributed by atoms with Crippen LogP contribution in [0.2, 0.25) is 0 Å². The molecule has 1 amide bonds. The van der Waals surface area contributed by atoms with Crippen LogP contribution in [0.3, 0.4) is 0 Å². The predicted molar refractivity (Wildman–Crippen MR) is 90.0 cm³/mol. The maximum absolute atomic E-state index is 14.2. The lowest BCUT2D eigenvalue weighted by atomic mass is 9.90. The summed E-state index contributed by atoms with van der Waals surface area (Å²) in [6.45, 7) is 1.68. The number of nitrogens with zero attached hydrogens (tertiary/aromatic N) is 1. The minimum atomic E-state index is -0.600. The van der Waals surface area contributed by atoms with Crippen molar-refractivity contribution in [2.45, 2.75) is 19.3 Å². The smallest absolute Gasteiger partial charge is 0.248 e. The molecular weight excluding hydrogens is 291 g/mol. The van der Waals surface area contributed by atoms with E-state index in [2.05, 4.69) is 29.2 Å². The van der Waals surface area contributed by atoms with E-state index in [1.165, 1.54) is 11.6 Å². The molecule has 1 aliphatic rings. The number of carbonyl (C=O) groups excluding carboxylic acids is 1. The fraction of sp³-hybridized carbons (Fsp3) is 0.316. The largest absolute Gasteiger partial charge is 0.369 e. The van der Waals surface area contributed by atoms with Crippen LogP contribution < -0.4 is 10.6 Å². The molecule has 0 saturated carbocycles. The number of nitrogens with two attached hydrogens (primary N) is 1. The first kappa shape index (κ1) is 15.5. The standard InChI is InChI=1S/C19H21FN2O/c20-17-13-16(19(21)23)6-7-18(17)22-10-8-15(9-11-22)12-14-4-2-1-3-5-14/h1-7,13,15H,8-12H2,(H2,21,23). The van der Waals surface area contributed by atoms with Crippen LogP contribution in [-0.4, -0.2) is 19.0 Å². The first-order valence-electron chi connectivity index (χ1n) is 8.01. The topological polar surface area (TPSA) is 46.3 Å². The molecule has 0 aliphatic carbocycles. The van der Waals surface area contributed by atoms with Crippen LogP contribution in [0.1, 0.15) is 28.8 Å². The monoisotopic (exact) mass is 312 g/mol. The van der Waals surface area contributed by atoms with Gasteiger partial charge in [-0.2, -0.15) is 0 Å². The van der Waals surface area contributed by atoms with Crippen LogP contribution in [0.5, 0.6) is 0 Å². The van der Waals surface area contributed by atoms with Crippen molar-refractivity contribution in [3.63, 3.8) is 0 Å². The minimum Gasteiger partial charge on any atom is -0.369 e. The number of rotatable bonds is 4. The van der Waals surface area contributed by atoms with E-state index in [0.29, 0.717) is 11.6 Å². The summed E-state index contributed by atoms with van der Waals surface area (Å²) in [7, 11) is 0. The number of primary amides is 1. The van der Waals surface area contributed by atoms with Crippen molar-refractivity contribution in [1.82, 2.24) is 0 Å². The molecule has 1 aliphatic heterocycles. The van der Waals surface area contributed by atoms with Crippen molar-refractivity contribution in [2.75, 3.05) is 18.0 Å². The fourth-order valence-electron chi connectivity index (χ4n) is 3.24. The summed E-state index contributed by atoms with van der Waals surface area (Å²) >= 11 is 0. The third-order valence-corrected chi connectivity index (χ3v) is 4.55. The molecule has 2 N–H and O–H groups in total. The number of amides is 1. The highest BCUT2D eigenvalue weighted by Gasteiger charge is 2.22. The van der Waals surface area contributed by atoms with E-state index in [-0.39, 0.29) is 11.4 Å². The molecule has 0 bridgehead atoms. The van der Waals surface area contributed by atoms with Gasteiger partial charge in [-0.1, -0.05) is 30.3 Å². The second-order valence-corrected chi connectivity index (χ2v) is 6.15. The van der Waals surface area contributed by atoms with E-state index in [0.717, 1.165) is 32.4 Å². The molecule has 0 aromatic heterocycles. The number of hydrogen-bond acceptors (Lipinski definition) is 2. The Bertz CT molecular complexity index is 679.